The van der Waals surface area contributed by atoms with Crippen molar-refractivity contribution in [2.45, 2.75) is 25.2 Å². The Morgan fingerprint density at radius 1 is 1.31 bits per heavy atom. The number of benzene rings is 1. The third-order valence-corrected chi connectivity index (χ3v) is 4.26. The van der Waals surface area contributed by atoms with E-state index >= 15 is 0 Å². The zero-order valence-electron chi connectivity index (χ0n) is 15.0. The van der Waals surface area contributed by atoms with Crippen LogP contribution >= 0.6 is 0 Å². The number of nitrogens with zero attached hydrogens (tertiary/aromatic N) is 3. The van der Waals surface area contributed by atoms with Crippen molar-refractivity contribution in [2.24, 2.45) is 0 Å². The van der Waals surface area contributed by atoms with Crippen LogP contribution in [0, 0.1) is 17.1 Å². The Bertz CT molecular complexity index is 1130. The van der Waals surface area contributed by atoms with Crippen LogP contribution in [-0.2, 0) is 17.5 Å². The summed E-state index contributed by atoms with van der Waals surface area (Å²) in [6, 6.07) is 7.53. The van der Waals surface area contributed by atoms with E-state index in [9.17, 15) is 27.5 Å². The normalized spacial score (nSPS) is 13.7. The van der Waals surface area contributed by atoms with E-state index < -0.39 is 34.8 Å². The van der Waals surface area contributed by atoms with Gasteiger partial charge in [-0.3, -0.25) is 4.79 Å². The van der Waals surface area contributed by atoms with E-state index in [1.165, 1.54) is 35.8 Å². The predicted octanol–water partition coefficient (Wildman–Crippen LogP) is 3.46. The number of fused-ring (bicyclic) bond motifs is 1. The molecule has 0 spiro atoms. The SMILES string of the molecule is CC(O)(Cn1ccc2cc(F)ccc21)C(=O)Nc1cnc(C#N)c(C(F)(F)F)c1. The lowest BCUT2D eigenvalue weighted by molar-refractivity contribution is -0.138. The van der Waals surface area contributed by atoms with Crippen LogP contribution in [0.2, 0.25) is 0 Å². The number of hydrogen-bond donors (Lipinski definition) is 2. The van der Waals surface area contributed by atoms with Crippen molar-refractivity contribution in [1.82, 2.24) is 9.55 Å². The summed E-state index contributed by atoms with van der Waals surface area (Å²) < 4.78 is 53.9. The second-order valence-corrected chi connectivity index (χ2v) is 6.60. The molecule has 0 aliphatic rings. The molecule has 1 unspecified atom stereocenters. The minimum atomic E-state index is -4.83. The quantitative estimate of drug-likeness (QED) is 0.650. The van der Waals surface area contributed by atoms with Crippen LogP contribution in [0.5, 0.6) is 0 Å². The summed E-state index contributed by atoms with van der Waals surface area (Å²) in [6.07, 6.45) is -2.38. The number of hydrogen-bond acceptors (Lipinski definition) is 4. The van der Waals surface area contributed by atoms with E-state index in [2.05, 4.69) is 10.3 Å². The van der Waals surface area contributed by atoms with Crippen molar-refractivity contribution < 1.29 is 27.5 Å². The van der Waals surface area contributed by atoms with E-state index in [0.29, 0.717) is 17.0 Å². The van der Waals surface area contributed by atoms with Gasteiger partial charge in [0.2, 0.25) is 0 Å². The number of nitriles is 1. The lowest BCUT2D eigenvalue weighted by Gasteiger charge is -2.23. The third kappa shape index (κ3) is 4.20. The minimum Gasteiger partial charge on any atom is -0.378 e. The topological polar surface area (TPSA) is 90.9 Å². The molecule has 0 saturated heterocycles. The summed E-state index contributed by atoms with van der Waals surface area (Å²) in [5.41, 5.74) is -3.88. The van der Waals surface area contributed by atoms with Crippen molar-refractivity contribution in [1.29, 1.82) is 5.26 Å². The highest BCUT2D eigenvalue weighted by atomic mass is 19.4. The van der Waals surface area contributed by atoms with Crippen LogP contribution in [0.25, 0.3) is 10.9 Å². The Balaban J connectivity index is 1.83. The molecule has 6 nitrogen and oxygen atoms in total. The van der Waals surface area contributed by atoms with Gasteiger partial charge in [0.1, 0.15) is 11.9 Å². The van der Waals surface area contributed by atoms with Crippen LogP contribution in [0.4, 0.5) is 23.2 Å². The van der Waals surface area contributed by atoms with Crippen LogP contribution in [-0.4, -0.2) is 26.2 Å². The maximum Gasteiger partial charge on any atom is 0.419 e. The molecule has 29 heavy (non-hydrogen) atoms. The van der Waals surface area contributed by atoms with E-state index in [-0.39, 0.29) is 12.2 Å². The van der Waals surface area contributed by atoms with Crippen LogP contribution in [0.3, 0.4) is 0 Å². The molecule has 1 atom stereocenters. The molecule has 0 aliphatic heterocycles. The van der Waals surface area contributed by atoms with Gasteiger partial charge < -0.3 is 15.0 Å². The Labute approximate surface area is 162 Å². The first-order valence-corrected chi connectivity index (χ1v) is 8.27. The fourth-order valence-corrected chi connectivity index (χ4v) is 2.82. The van der Waals surface area contributed by atoms with Gasteiger partial charge in [0.25, 0.3) is 5.91 Å². The molecule has 150 valence electrons. The molecule has 2 N–H and O–H groups in total. The number of alkyl halides is 3. The maximum atomic E-state index is 13.3. The van der Waals surface area contributed by atoms with Gasteiger partial charge in [-0.25, -0.2) is 9.37 Å². The standard InChI is InChI=1S/C19H14F4N4O2/c1-18(29,10-27-5-4-11-6-12(20)2-3-16(11)27)17(28)26-13-7-14(19(21,22)23)15(8-24)25-9-13/h2-7,9,29H,10H2,1H3,(H,26,28). The molecule has 2 heterocycles. The second kappa shape index (κ2) is 7.18. The van der Waals surface area contributed by atoms with E-state index in [4.69, 9.17) is 5.26 Å². The van der Waals surface area contributed by atoms with Gasteiger partial charge >= 0.3 is 6.18 Å². The third-order valence-electron chi connectivity index (χ3n) is 4.26. The number of aliphatic hydroxyl groups is 1. The van der Waals surface area contributed by atoms with Crippen molar-refractivity contribution in [3.05, 3.63) is 59.8 Å². The number of aromatic nitrogens is 2. The fraction of sp³-hybridized carbons (Fsp3) is 0.211. The summed E-state index contributed by atoms with van der Waals surface area (Å²) in [5, 5.41) is 22.1. The first-order chi connectivity index (χ1) is 13.5. The highest BCUT2D eigenvalue weighted by Gasteiger charge is 2.36. The van der Waals surface area contributed by atoms with Crippen molar-refractivity contribution >= 4 is 22.5 Å². The number of rotatable bonds is 4. The van der Waals surface area contributed by atoms with Gasteiger partial charge in [-0.1, -0.05) is 0 Å². The molecule has 3 rings (SSSR count). The zero-order valence-corrected chi connectivity index (χ0v) is 15.0. The largest absolute Gasteiger partial charge is 0.419 e. The Hall–Kier alpha value is -3.45. The number of halogens is 4. The summed E-state index contributed by atoms with van der Waals surface area (Å²) in [7, 11) is 0. The van der Waals surface area contributed by atoms with Gasteiger partial charge in [0, 0.05) is 17.1 Å². The van der Waals surface area contributed by atoms with E-state index in [0.717, 1.165) is 6.20 Å². The van der Waals surface area contributed by atoms with Crippen molar-refractivity contribution in [3.8, 4) is 6.07 Å². The Morgan fingerprint density at radius 3 is 2.69 bits per heavy atom. The second-order valence-electron chi connectivity index (χ2n) is 6.60. The van der Waals surface area contributed by atoms with Gasteiger partial charge in [-0.05, 0) is 37.3 Å². The average molecular weight is 406 g/mol. The Kier molecular flexibility index (Phi) is 5.02. The molecule has 1 aromatic carbocycles. The summed E-state index contributed by atoms with van der Waals surface area (Å²) >= 11 is 0. The van der Waals surface area contributed by atoms with Gasteiger partial charge in [-0.15, -0.1) is 0 Å². The predicted molar refractivity (Wildman–Crippen MR) is 95.1 cm³/mol. The average Bonchev–Trinajstić information content (AvgIpc) is 3.02. The zero-order chi connectivity index (χ0) is 21.4. The molecule has 3 aromatic rings. The number of amides is 1. The van der Waals surface area contributed by atoms with Crippen molar-refractivity contribution in [3.63, 3.8) is 0 Å². The number of pyridine rings is 1. The molecular weight excluding hydrogens is 392 g/mol. The summed E-state index contributed by atoms with van der Waals surface area (Å²) in [4.78, 5) is 15.9. The van der Waals surface area contributed by atoms with Gasteiger partial charge in [0.05, 0.1) is 24.0 Å². The fourth-order valence-electron chi connectivity index (χ4n) is 2.82. The highest BCUT2D eigenvalue weighted by Crippen LogP contribution is 2.32. The van der Waals surface area contributed by atoms with Crippen LogP contribution < -0.4 is 5.32 Å². The van der Waals surface area contributed by atoms with E-state index in [1.807, 2.05) is 0 Å². The minimum absolute atomic E-state index is 0.232. The van der Waals surface area contributed by atoms with Crippen LogP contribution in [0.1, 0.15) is 18.2 Å². The number of nitrogens with one attached hydrogen (secondary N) is 1. The molecule has 0 aliphatic carbocycles. The smallest absolute Gasteiger partial charge is 0.378 e. The van der Waals surface area contributed by atoms with Gasteiger partial charge in [0.15, 0.2) is 11.3 Å². The summed E-state index contributed by atoms with van der Waals surface area (Å²) in [5.74, 6) is -1.41. The lowest BCUT2D eigenvalue weighted by atomic mass is 10.1. The molecular formula is C19H14F4N4O2. The molecule has 0 fully saturated rings. The molecule has 0 bridgehead atoms. The number of carbonyl (C=O) groups is 1. The van der Waals surface area contributed by atoms with E-state index in [1.54, 1.807) is 12.3 Å². The van der Waals surface area contributed by atoms with Crippen molar-refractivity contribution in [2.75, 3.05) is 5.32 Å². The Morgan fingerprint density at radius 2 is 2.03 bits per heavy atom. The molecule has 10 heteroatoms. The number of anilines is 1. The monoisotopic (exact) mass is 406 g/mol. The molecule has 1 amide bonds. The first-order valence-electron chi connectivity index (χ1n) is 8.27. The molecule has 0 saturated carbocycles. The van der Waals surface area contributed by atoms with Gasteiger partial charge in [-0.2, -0.15) is 18.4 Å². The highest BCUT2D eigenvalue weighted by molar-refractivity contribution is 5.97. The maximum absolute atomic E-state index is 13.3. The number of carbonyl (C=O) groups excluding carboxylic acids is 1. The first kappa shape index (κ1) is 20.3. The summed E-state index contributed by atoms with van der Waals surface area (Å²) in [6.45, 7) is 0.962. The molecule has 2 aromatic heterocycles. The molecule has 0 radical (unpaired) electrons. The van der Waals surface area contributed by atoms with Crippen LogP contribution in [0.15, 0.2) is 42.7 Å². The lowest BCUT2D eigenvalue weighted by Crippen LogP contribution is -2.43.